The monoisotopic (exact) mass is 270 g/mol. The molecule has 4 N–H and O–H groups in total. The molecule has 0 saturated heterocycles. The van der Waals surface area contributed by atoms with E-state index in [4.69, 9.17) is 10.8 Å². The predicted molar refractivity (Wildman–Crippen MR) is 72.0 cm³/mol. The average Bonchev–Trinajstić information content (AvgIpc) is 2.33. The number of carboxylic acids is 1. The summed E-state index contributed by atoms with van der Waals surface area (Å²) in [6.45, 7) is 4.26. The Morgan fingerprint density at radius 3 is 2.58 bits per heavy atom. The third-order valence-electron chi connectivity index (χ3n) is 2.87. The van der Waals surface area contributed by atoms with Crippen LogP contribution in [0.25, 0.3) is 0 Å². The molecule has 5 nitrogen and oxygen atoms in total. The zero-order valence-electron chi connectivity index (χ0n) is 11.1. The fourth-order valence-electron chi connectivity index (χ4n) is 1.94. The number of aliphatic hydroxyl groups excluding tert-OH is 1. The highest BCUT2D eigenvalue weighted by molar-refractivity contribution is 6.00. The van der Waals surface area contributed by atoms with Crippen molar-refractivity contribution in [3.05, 3.63) is 23.5 Å². The first-order valence-electron chi connectivity index (χ1n) is 6.09. The summed E-state index contributed by atoms with van der Waals surface area (Å²) in [6.07, 6.45) is 0.495. The van der Waals surface area contributed by atoms with E-state index in [1.54, 1.807) is 4.90 Å². The summed E-state index contributed by atoms with van der Waals surface area (Å²) in [4.78, 5) is 13.1. The van der Waals surface area contributed by atoms with Crippen LogP contribution in [0.2, 0.25) is 0 Å². The summed E-state index contributed by atoms with van der Waals surface area (Å²) in [5.41, 5.74) is 5.30. The van der Waals surface area contributed by atoms with Gasteiger partial charge >= 0.3 is 5.97 Å². The molecule has 1 aromatic carbocycles. The van der Waals surface area contributed by atoms with E-state index >= 15 is 0 Å². The number of hydrogen-bond donors (Lipinski definition) is 3. The molecule has 0 fully saturated rings. The highest BCUT2D eigenvalue weighted by Gasteiger charge is 2.22. The maximum Gasteiger partial charge on any atom is 0.340 e. The molecule has 0 heterocycles. The molecule has 0 bridgehead atoms. The van der Waals surface area contributed by atoms with Crippen molar-refractivity contribution in [2.45, 2.75) is 26.3 Å². The van der Waals surface area contributed by atoms with E-state index in [9.17, 15) is 14.3 Å². The first kappa shape index (κ1) is 15.2. The Morgan fingerprint density at radius 1 is 1.47 bits per heavy atom. The van der Waals surface area contributed by atoms with Crippen LogP contribution in [-0.2, 0) is 0 Å². The SMILES string of the molecule is CC(C)N(CCCO)c1ccc(F)c(N)c1C(=O)O. The van der Waals surface area contributed by atoms with Crippen LogP contribution in [0.5, 0.6) is 0 Å². The number of benzene rings is 1. The van der Waals surface area contributed by atoms with Crippen LogP contribution in [0.15, 0.2) is 12.1 Å². The van der Waals surface area contributed by atoms with E-state index in [0.717, 1.165) is 6.07 Å². The fraction of sp³-hybridized carbons (Fsp3) is 0.462. The van der Waals surface area contributed by atoms with Crippen LogP contribution >= 0.6 is 0 Å². The van der Waals surface area contributed by atoms with E-state index in [2.05, 4.69) is 0 Å². The van der Waals surface area contributed by atoms with Crippen molar-refractivity contribution in [3.63, 3.8) is 0 Å². The molecule has 0 saturated carbocycles. The Morgan fingerprint density at radius 2 is 2.11 bits per heavy atom. The van der Waals surface area contributed by atoms with Gasteiger partial charge in [0.1, 0.15) is 11.4 Å². The van der Waals surface area contributed by atoms with Crippen LogP contribution in [0.4, 0.5) is 15.8 Å². The van der Waals surface area contributed by atoms with Crippen LogP contribution in [0, 0.1) is 5.82 Å². The van der Waals surface area contributed by atoms with E-state index in [1.165, 1.54) is 6.07 Å². The number of nitrogens with zero attached hydrogens (tertiary/aromatic N) is 1. The number of aliphatic hydroxyl groups is 1. The minimum absolute atomic E-state index is 0.00228. The molecule has 0 aliphatic carbocycles. The first-order valence-corrected chi connectivity index (χ1v) is 6.09. The molecule has 6 heteroatoms. The Bertz CT molecular complexity index is 463. The maximum absolute atomic E-state index is 13.4. The number of nitrogen functional groups attached to an aromatic ring is 1. The number of hydrogen-bond acceptors (Lipinski definition) is 4. The van der Waals surface area contributed by atoms with Crippen LogP contribution in [0.1, 0.15) is 30.6 Å². The lowest BCUT2D eigenvalue weighted by Crippen LogP contribution is -2.33. The Balaban J connectivity index is 3.30. The highest BCUT2D eigenvalue weighted by atomic mass is 19.1. The normalized spacial score (nSPS) is 10.8. The van der Waals surface area contributed by atoms with Gasteiger partial charge in [0.05, 0.1) is 11.4 Å². The average molecular weight is 270 g/mol. The van der Waals surface area contributed by atoms with Gasteiger partial charge in [-0.3, -0.25) is 0 Å². The van der Waals surface area contributed by atoms with Gasteiger partial charge in [0, 0.05) is 19.2 Å². The lowest BCUT2D eigenvalue weighted by atomic mass is 10.1. The molecule has 0 radical (unpaired) electrons. The molecular weight excluding hydrogens is 251 g/mol. The molecule has 0 aliphatic rings. The number of anilines is 2. The summed E-state index contributed by atoms with van der Waals surface area (Å²) in [6, 6.07) is 2.58. The summed E-state index contributed by atoms with van der Waals surface area (Å²) in [7, 11) is 0. The van der Waals surface area contributed by atoms with Crippen LogP contribution < -0.4 is 10.6 Å². The summed E-state index contributed by atoms with van der Waals surface area (Å²) in [5.74, 6) is -2.01. The zero-order chi connectivity index (χ0) is 14.6. The van der Waals surface area contributed by atoms with Crippen LogP contribution in [-0.4, -0.2) is 35.4 Å². The van der Waals surface area contributed by atoms with E-state index in [0.29, 0.717) is 18.7 Å². The summed E-state index contributed by atoms with van der Waals surface area (Å²) in [5, 5.41) is 18.1. The van der Waals surface area contributed by atoms with Crippen molar-refractivity contribution in [3.8, 4) is 0 Å². The molecular formula is C13H19FN2O3. The maximum atomic E-state index is 13.4. The molecule has 0 amide bonds. The largest absolute Gasteiger partial charge is 0.478 e. The molecule has 106 valence electrons. The second-order valence-electron chi connectivity index (χ2n) is 4.52. The molecule has 0 unspecified atom stereocenters. The second-order valence-corrected chi connectivity index (χ2v) is 4.52. The summed E-state index contributed by atoms with van der Waals surface area (Å²) >= 11 is 0. The number of aromatic carboxylic acids is 1. The van der Waals surface area contributed by atoms with Crippen molar-refractivity contribution in [1.29, 1.82) is 0 Å². The molecule has 1 aromatic rings. The number of rotatable bonds is 6. The van der Waals surface area contributed by atoms with Gasteiger partial charge < -0.3 is 20.8 Å². The third kappa shape index (κ3) is 3.35. The van der Waals surface area contributed by atoms with Gasteiger partial charge in [0.15, 0.2) is 0 Å². The minimum Gasteiger partial charge on any atom is -0.478 e. The standard InChI is InChI=1S/C13H19FN2O3/c1-8(2)16(6-3-7-17)10-5-4-9(14)12(15)11(10)13(18)19/h4-5,8,17H,3,6-7,15H2,1-2H3,(H,18,19). The first-order chi connectivity index (χ1) is 8.90. The topological polar surface area (TPSA) is 86.8 Å². The number of halogens is 1. The van der Waals surface area contributed by atoms with Gasteiger partial charge in [-0.1, -0.05) is 0 Å². The van der Waals surface area contributed by atoms with E-state index in [1.807, 2.05) is 13.8 Å². The van der Waals surface area contributed by atoms with Gasteiger partial charge in [0.2, 0.25) is 0 Å². The van der Waals surface area contributed by atoms with Crippen LogP contribution in [0.3, 0.4) is 0 Å². The minimum atomic E-state index is -1.26. The van der Waals surface area contributed by atoms with Gasteiger partial charge in [-0.15, -0.1) is 0 Å². The van der Waals surface area contributed by atoms with E-state index < -0.39 is 11.8 Å². The van der Waals surface area contributed by atoms with Crippen molar-refractivity contribution >= 4 is 17.3 Å². The predicted octanol–water partition coefficient (Wildman–Crippen LogP) is 1.70. The number of carboxylic acid groups (broad SMARTS) is 1. The van der Waals surface area contributed by atoms with Crippen molar-refractivity contribution in [2.24, 2.45) is 0 Å². The third-order valence-corrected chi connectivity index (χ3v) is 2.87. The van der Waals surface area contributed by atoms with Gasteiger partial charge in [0.25, 0.3) is 0 Å². The van der Waals surface area contributed by atoms with Gasteiger partial charge in [-0.25, -0.2) is 9.18 Å². The molecule has 0 spiro atoms. The Hall–Kier alpha value is -1.82. The molecule has 0 aliphatic heterocycles. The number of carbonyl (C=O) groups is 1. The Labute approximate surface area is 111 Å². The Kier molecular flexibility index (Phi) is 5.11. The van der Waals surface area contributed by atoms with Gasteiger partial charge in [-0.2, -0.15) is 0 Å². The smallest absolute Gasteiger partial charge is 0.340 e. The van der Waals surface area contributed by atoms with E-state index in [-0.39, 0.29) is 23.9 Å². The van der Waals surface area contributed by atoms with Crippen molar-refractivity contribution < 1.29 is 19.4 Å². The zero-order valence-corrected chi connectivity index (χ0v) is 11.1. The van der Waals surface area contributed by atoms with Crippen molar-refractivity contribution in [2.75, 3.05) is 23.8 Å². The molecule has 0 aromatic heterocycles. The lowest BCUT2D eigenvalue weighted by Gasteiger charge is -2.30. The fourth-order valence-corrected chi connectivity index (χ4v) is 1.94. The molecule has 0 atom stereocenters. The highest BCUT2D eigenvalue weighted by Crippen LogP contribution is 2.29. The number of nitrogens with two attached hydrogens (primary N) is 1. The molecule has 19 heavy (non-hydrogen) atoms. The van der Waals surface area contributed by atoms with Crippen molar-refractivity contribution in [1.82, 2.24) is 0 Å². The van der Waals surface area contributed by atoms with Gasteiger partial charge in [-0.05, 0) is 32.4 Å². The second kappa shape index (κ2) is 6.38. The lowest BCUT2D eigenvalue weighted by molar-refractivity contribution is 0.0698. The molecule has 1 rings (SSSR count). The quantitative estimate of drug-likeness (QED) is 0.685. The summed E-state index contributed by atoms with van der Waals surface area (Å²) < 4.78 is 13.4.